The molecule has 2 nitrogen and oxygen atoms in total. The number of unbranched alkanes of at least 4 members (excludes halogenated alkanes) is 3. The molecule has 0 bridgehead atoms. The summed E-state index contributed by atoms with van der Waals surface area (Å²) in [7, 11) is 0. The van der Waals surface area contributed by atoms with Crippen molar-refractivity contribution in [3.05, 3.63) is 0 Å². The Morgan fingerprint density at radius 3 is 2.60 bits per heavy atom. The predicted molar refractivity (Wildman–Crippen MR) is 65.0 cm³/mol. The molecule has 0 spiro atoms. The molecule has 2 unspecified atom stereocenters. The van der Waals surface area contributed by atoms with Crippen LogP contribution in [0.25, 0.3) is 0 Å². The van der Waals surface area contributed by atoms with Crippen LogP contribution < -0.4 is 0 Å². The zero-order valence-electron chi connectivity index (χ0n) is 10.4. The first-order valence-electron chi connectivity index (χ1n) is 6.60. The molecule has 2 heteroatoms. The van der Waals surface area contributed by atoms with Crippen LogP contribution in [0.5, 0.6) is 0 Å². The highest BCUT2D eigenvalue weighted by molar-refractivity contribution is 4.78. The van der Waals surface area contributed by atoms with Gasteiger partial charge in [0.2, 0.25) is 0 Å². The minimum Gasteiger partial charge on any atom is -0.396 e. The fourth-order valence-electron chi connectivity index (χ4n) is 2.52. The number of aliphatic hydroxyl groups is 1. The Morgan fingerprint density at radius 2 is 1.87 bits per heavy atom. The van der Waals surface area contributed by atoms with Crippen LogP contribution in [0.15, 0.2) is 0 Å². The Labute approximate surface area is 94.7 Å². The van der Waals surface area contributed by atoms with E-state index in [2.05, 4.69) is 18.7 Å². The summed E-state index contributed by atoms with van der Waals surface area (Å²) in [5.74, 6) is 0.871. The summed E-state index contributed by atoms with van der Waals surface area (Å²) in [5.41, 5.74) is 0. The highest BCUT2D eigenvalue weighted by atomic mass is 16.2. The second-order valence-corrected chi connectivity index (χ2v) is 5.03. The van der Waals surface area contributed by atoms with Crippen LogP contribution in [-0.4, -0.2) is 35.7 Å². The van der Waals surface area contributed by atoms with Crippen molar-refractivity contribution in [2.24, 2.45) is 5.92 Å². The summed E-state index contributed by atoms with van der Waals surface area (Å²) in [6.45, 7) is 7.67. The minimum atomic E-state index is 0.358. The maximum atomic E-state index is 8.68. The molecule has 1 saturated heterocycles. The first-order valence-corrected chi connectivity index (χ1v) is 6.60. The van der Waals surface area contributed by atoms with Gasteiger partial charge in [-0.3, -0.25) is 0 Å². The monoisotopic (exact) mass is 213 g/mol. The van der Waals surface area contributed by atoms with E-state index in [-0.39, 0.29) is 0 Å². The largest absolute Gasteiger partial charge is 0.396 e. The average molecular weight is 213 g/mol. The Bertz CT molecular complexity index is 161. The van der Waals surface area contributed by atoms with E-state index in [1.165, 1.54) is 45.2 Å². The lowest BCUT2D eigenvalue weighted by atomic mass is 9.92. The van der Waals surface area contributed by atoms with Gasteiger partial charge in [0.15, 0.2) is 0 Å². The Morgan fingerprint density at radius 1 is 1.13 bits per heavy atom. The fraction of sp³-hybridized carbons (Fsp3) is 1.00. The van der Waals surface area contributed by atoms with Gasteiger partial charge in [0.25, 0.3) is 0 Å². The van der Waals surface area contributed by atoms with Gasteiger partial charge in [-0.05, 0) is 51.6 Å². The lowest BCUT2D eigenvalue weighted by Gasteiger charge is -2.37. The second kappa shape index (κ2) is 7.24. The van der Waals surface area contributed by atoms with Crippen molar-refractivity contribution in [2.45, 2.75) is 58.4 Å². The number of rotatable bonds is 6. The van der Waals surface area contributed by atoms with Crippen LogP contribution in [-0.2, 0) is 0 Å². The summed E-state index contributed by atoms with van der Waals surface area (Å²) in [4.78, 5) is 2.65. The van der Waals surface area contributed by atoms with Crippen LogP contribution in [0.2, 0.25) is 0 Å². The van der Waals surface area contributed by atoms with Gasteiger partial charge in [-0.15, -0.1) is 0 Å². The van der Waals surface area contributed by atoms with Gasteiger partial charge in [-0.25, -0.2) is 0 Å². The number of hydrogen-bond donors (Lipinski definition) is 1. The van der Waals surface area contributed by atoms with Crippen LogP contribution in [0.1, 0.15) is 52.4 Å². The maximum Gasteiger partial charge on any atom is 0.0431 e. The van der Waals surface area contributed by atoms with Gasteiger partial charge < -0.3 is 10.0 Å². The van der Waals surface area contributed by atoms with E-state index in [1.807, 2.05) is 0 Å². The van der Waals surface area contributed by atoms with Crippen molar-refractivity contribution in [3.63, 3.8) is 0 Å². The zero-order chi connectivity index (χ0) is 11.1. The molecule has 0 saturated carbocycles. The molecule has 1 aliphatic heterocycles. The molecule has 15 heavy (non-hydrogen) atoms. The van der Waals surface area contributed by atoms with E-state index < -0.39 is 0 Å². The number of hydrogen-bond acceptors (Lipinski definition) is 2. The molecule has 1 fully saturated rings. The van der Waals surface area contributed by atoms with E-state index >= 15 is 0 Å². The van der Waals surface area contributed by atoms with Gasteiger partial charge in [-0.2, -0.15) is 0 Å². The van der Waals surface area contributed by atoms with E-state index in [1.54, 1.807) is 0 Å². The summed E-state index contributed by atoms with van der Waals surface area (Å²) < 4.78 is 0. The molecule has 0 aromatic carbocycles. The molecule has 0 amide bonds. The van der Waals surface area contributed by atoms with Crippen LogP contribution in [0.4, 0.5) is 0 Å². The minimum absolute atomic E-state index is 0.358. The molecule has 0 aromatic heterocycles. The predicted octanol–water partition coefficient (Wildman–Crippen LogP) is 2.66. The maximum absolute atomic E-state index is 8.68. The highest BCUT2D eigenvalue weighted by Crippen LogP contribution is 2.22. The standard InChI is InChI=1S/C13H27NO/c1-12-8-7-10-14(13(12)2)9-5-3-4-6-11-15/h12-13,15H,3-11H2,1-2H3. The Balaban J connectivity index is 2.09. The highest BCUT2D eigenvalue weighted by Gasteiger charge is 2.23. The first kappa shape index (κ1) is 13.0. The molecule has 0 aromatic rings. The van der Waals surface area contributed by atoms with Crippen LogP contribution >= 0.6 is 0 Å². The summed E-state index contributed by atoms with van der Waals surface area (Å²) in [5, 5.41) is 8.68. The quantitative estimate of drug-likeness (QED) is 0.686. The van der Waals surface area contributed by atoms with Crippen molar-refractivity contribution >= 4 is 0 Å². The third kappa shape index (κ3) is 4.52. The van der Waals surface area contributed by atoms with Gasteiger partial charge in [0.05, 0.1) is 0 Å². The van der Waals surface area contributed by atoms with Crippen molar-refractivity contribution < 1.29 is 5.11 Å². The third-order valence-electron chi connectivity index (χ3n) is 3.86. The summed E-state index contributed by atoms with van der Waals surface area (Å²) >= 11 is 0. The fourth-order valence-corrected chi connectivity index (χ4v) is 2.52. The molecular formula is C13H27NO. The van der Waals surface area contributed by atoms with Gasteiger partial charge in [-0.1, -0.05) is 19.8 Å². The van der Waals surface area contributed by atoms with E-state index in [0.717, 1.165) is 18.4 Å². The average Bonchev–Trinajstić information content (AvgIpc) is 2.24. The lowest BCUT2D eigenvalue weighted by Crippen LogP contribution is -2.42. The van der Waals surface area contributed by atoms with Crippen molar-refractivity contribution in [2.75, 3.05) is 19.7 Å². The van der Waals surface area contributed by atoms with Gasteiger partial charge in [0.1, 0.15) is 0 Å². The van der Waals surface area contributed by atoms with E-state index in [4.69, 9.17) is 5.11 Å². The van der Waals surface area contributed by atoms with Crippen molar-refractivity contribution in [1.82, 2.24) is 4.90 Å². The normalized spacial score (nSPS) is 28.2. The first-order chi connectivity index (χ1) is 7.25. The number of piperidine rings is 1. The number of nitrogens with zero attached hydrogens (tertiary/aromatic N) is 1. The number of likely N-dealkylation sites (tertiary alicyclic amines) is 1. The van der Waals surface area contributed by atoms with Crippen molar-refractivity contribution in [1.29, 1.82) is 0 Å². The Hall–Kier alpha value is -0.0800. The van der Waals surface area contributed by atoms with Gasteiger partial charge >= 0.3 is 0 Å². The summed E-state index contributed by atoms with van der Waals surface area (Å²) in [6.07, 6.45) is 7.53. The smallest absolute Gasteiger partial charge is 0.0431 e. The van der Waals surface area contributed by atoms with Crippen LogP contribution in [0.3, 0.4) is 0 Å². The van der Waals surface area contributed by atoms with Gasteiger partial charge in [0, 0.05) is 12.6 Å². The van der Waals surface area contributed by atoms with Crippen LogP contribution in [0, 0.1) is 5.92 Å². The van der Waals surface area contributed by atoms with E-state index in [9.17, 15) is 0 Å². The molecule has 1 rings (SSSR count). The molecular weight excluding hydrogens is 186 g/mol. The lowest BCUT2D eigenvalue weighted by molar-refractivity contribution is 0.111. The third-order valence-corrected chi connectivity index (χ3v) is 3.86. The summed E-state index contributed by atoms with van der Waals surface area (Å²) in [6, 6.07) is 0.775. The van der Waals surface area contributed by atoms with E-state index in [0.29, 0.717) is 6.61 Å². The Kier molecular flexibility index (Phi) is 6.26. The molecule has 0 radical (unpaired) electrons. The molecule has 90 valence electrons. The number of aliphatic hydroxyl groups excluding tert-OH is 1. The topological polar surface area (TPSA) is 23.5 Å². The molecule has 1 aliphatic rings. The SMILES string of the molecule is CC1CCCN(CCCCCCO)C1C. The second-order valence-electron chi connectivity index (χ2n) is 5.03. The molecule has 0 aliphatic carbocycles. The molecule has 2 atom stereocenters. The molecule has 1 heterocycles. The molecule has 1 N–H and O–H groups in total. The zero-order valence-corrected chi connectivity index (χ0v) is 10.4. The van der Waals surface area contributed by atoms with Crippen molar-refractivity contribution in [3.8, 4) is 0 Å².